The molecule has 10 nitrogen and oxygen atoms in total. The standard InChI is InChI=1S/C29H32O10/c1-5-34-26(30)24(27(31)35-6-2)17-20-9-13-22(14-10-20)38-19-39-23-15-11-21(12-16-23)18-25(28(32)36-7-3)29(33)37-8-4/h9-18H,5-8,19H2,1-4H3. The van der Waals surface area contributed by atoms with Crippen molar-refractivity contribution < 1.29 is 47.6 Å². The molecule has 2 rings (SSSR count). The molecule has 0 atom stereocenters. The number of rotatable bonds is 14. The molecule has 0 unspecified atom stereocenters. The summed E-state index contributed by atoms with van der Waals surface area (Å²) in [7, 11) is 0. The maximum Gasteiger partial charge on any atom is 0.345 e. The van der Waals surface area contributed by atoms with E-state index >= 15 is 0 Å². The van der Waals surface area contributed by atoms with Gasteiger partial charge in [0.1, 0.15) is 22.6 Å². The highest BCUT2D eigenvalue weighted by atomic mass is 16.7. The molecule has 0 aliphatic carbocycles. The lowest BCUT2D eigenvalue weighted by molar-refractivity contribution is -0.148. The quantitative estimate of drug-likeness (QED) is 0.0863. The van der Waals surface area contributed by atoms with Gasteiger partial charge in [-0.15, -0.1) is 0 Å². The fourth-order valence-electron chi connectivity index (χ4n) is 3.06. The molecule has 0 saturated carbocycles. The molecule has 0 aliphatic heterocycles. The molecule has 0 N–H and O–H groups in total. The fourth-order valence-corrected chi connectivity index (χ4v) is 3.06. The van der Waals surface area contributed by atoms with Gasteiger partial charge < -0.3 is 28.4 Å². The van der Waals surface area contributed by atoms with Crippen molar-refractivity contribution in [1.82, 2.24) is 0 Å². The minimum absolute atomic E-state index is 0.0990. The van der Waals surface area contributed by atoms with Crippen molar-refractivity contribution in [2.75, 3.05) is 33.2 Å². The van der Waals surface area contributed by atoms with E-state index in [1.807, 2.05) is 0 Å². The first-order valence-corrected chi connectivity index (χ1v) is 12.4. The topological polar surface area (TPSA) is 124 Å². The third-order valence-electron chi connectivity index (χ3n) is 4.81. The van der Waals surface area contributed by atoms with Gasteiger partial charge in [0, 0.05) is 0 Å². The van der Waals surface area contributed by atoms with E-state index in [2.05, 4.69) is 0 Å². The Balaban J connectivity index is 2.01. The van der Waals surface area contributed by atoms with Crippen LogP contribution in [-0.2, 0) is 38.1 Å². The van der Waals surface area contributed by atoms with Crippen LogP contribution in [0.15, 0.2) is 59.7 Å². The molecule has 0 bridgehead atoms. The largest absolute Gasteiger partial charge is 0.462 e. The van der Waals surface area contributed by atoms with Gasteiger partial charge in [-0.25, -0.2) is 19.2 Å². The Morgan fingerprint density at radius 3 is 1.05 bits per heavy atom. The van der Waals surface area contributed by atoms with Crippen LogP contribution in [0.5, 0.6) is 11.5 Å². The van der Waals surface area contributed by atoms with Gasteiger partial charge in [-0.3, -0.25) is 0 Å². The van der Waals surface area contributed by atoms with Crippen LogP contribution in [0.3, 0.4) is 0 Å². The van der Waals surface area contributed by atoms with Gasteiger partial charge in [-0.2, -0.15) is 0 Å². The number of hydrogen-bond donors (Lipinski definition) is 0. The van der Waals surface area contributed by atoms with E-state index in [-0.39, 0.29) is 44.4 Å². The molecule has 10 heteroatoms. The summed E-state index contributed by atoms with van der Waals surface area (Å²) in [6.45, 7) is 7.01. The predicted octanol–water partition coefficient (Wildman–Crippen LogP) is 4.12. The smallest absolute Gasteiger partial charge is 0.345 e. The maximum atomic E-state index is 12.1. The highest BCUT2D eigenvalue weighted by molar-refractivity contribution is 6.18. The summed E-state index contributed by atoms with van der Waals surface area (Å²) in [6.07, 6.45) is 2.78. The summed E-state index contributed by atoms with van der Waals surface area (Å²) in [6, 6.07) is 13.3. The van der Waals surface area contributed by atoms with Crippen LogP contribution in [0, 0.1) is 0 Å². The van der Waals surface area contributed by atoms with Crippen molar-refractivity contribution >= 4 is 36.0 Å². The van der Waals surface area contributed by atoms with Crippen LogP contribution in [-0.4, -0.2) is 57.1 Å². The lowest BCUT2D eigenvalue weighted by atomic mass is 10.1. The van der Waals surface area contributed by atoms with E-state index < -0.39 is 23.9 Å². The zero-order chi connectivity index (χ0) is 28.6. The van der Waals surface area contributed by atoms with E-state index in [0.717, 1.165) is 0 Å². The van der Waals surface area contributed by atoms with Crippen LogP contribution < -0.4 is 9.47 Å². The Hall–Kier alpha value is -4.60. The van der Waals surface area contributed by atoms with Crippen LogP contribution in [0.1, 0.15) is 38.8 Å². The van der Waals surface area contributed by atoms with Crippen molar-refractivity contribution in [3.05, 3.63) is 70.8 Å². The summed E-state index contributed by atoms with van der Waals surface area (Å²) in [5, 5.41) is 0. The molecule has 2 aromatic carbocycles. The number of hydrogen-bond acceptors (Lipinski definition) is 10. The second-order valence-electron chi connectivity index (χ2n) is 7.54. The average Bonchev–Trinajstić information content (AvgIpc) is 2.92. The molecular weight excluding hydrogens is 508 g/mol. The van der Waals surface area contributed by atoms with Gasteiger partial charge in [0.05, 0.1) is 26.4 Å². The van der Waals surface area contributed by atoms with Crippen molar-refractivity contribution in [3.63, 3.8) is 0 Å². The van der Waals surface area contributed by atoms with Crippen LogP contribution in [0.4, 0.5) is 0 Å². The number of ether oxygens (including phenoxy) is 6. The SMILES string of the molecule is CCOC(=O)C(=Cc1ccc(OCOc2ccc(C=C(C(=O)OCC)C(=O)OCC)cc2)cc1)C(=O)OCC. The first kappa shape index (κ1) is 30.6. The van der Waals surface area contributed by atoms with Crippen LogP contribution >= 0.6 is 0 Å². The monoisotopic (exact) mass is 540 g/mol. The number of carbonyl (C=O) groups excluding carboxylic acids is 4. The third kappa shape index (κ3) is 9.99. The number of esters is 4. The first-order chi connectivity index (χ1) is 18.8. The minimum Gasteiger partial charge on any atom is -0.462 e. The summed E-state index contributed by atoms with van der Waals surface area (Å²) < 4.78 is 30.9. The fraction of sp³-hybridized carbons (Fsp3) is 0.310. The Labute approximate surface area is 227 Å². The Morgan fingerprint density at radius 1 is 0.513 bits per heavy atom. The van der Waals surface area contributed by atoms with Gasteiger partial charge in [0.25, 0.3) is 0 Å². The Morgan fingerprint density at radius 2 is 0.795 bits per heavy atom. The van der Waals surface area contributed by atoms with Gasteiger partial charge >= 0.3 is 23.9 Å². The van der Waals surface area contributed by atoms with Crippen LogP contribution in [0.25, 0.3) is 12.2 Å². The maximum absolute atomic E-state index is 12.1. The van der Waals surface area contributed by atoms with Gasteiger partial charge in [-0.1, -0.05) is 24.3 Å². The number of benzene rings is 2. The molecular formula is C29H32O10. The van der Waals surface area contributed by atoms with E-state index in [1.165, 1.54) is 12.2 Å². The van der Waals surface area contributed by atoms with E-state index in [1.54, 1.807) is 76.2 Å². The van der Waals surface area contributed by atoms with E-state index in [0.29, 0.717) is 22.6 Å². The first-order valence-electron chi connectivity index (χ1n) is 12.4. The van der Waals surface area contributed by atoms with Crippen molar-refractivity contribution in [2.45, 2.75) is 27.7 Å². The molecule has 208 valence electrons. The average molecular weight is 541 g/mol. The number of carbonyl (C=O) groups is 4. The molecule has 0 amide bonds. The van der Waals surface area contributed by atoms with E-state index in [4.69, 9.17) is 28.4 Å². The molecule has 0 aliphatic rings. The normalized spacial score (nSPS) is 9.95. The minimum atomic E-state index is -0.760. The zero-order valence-corrected chi connectivity index (χ0v) is 22.4. The summed E-state index contributed by atoms with van der Waals surface area (Å²) in [4.78, 5) is 48.5. The van der Waals surface area contributed by atoms with Crippen molar-refractivity contribution in [3.8, 4) is 11.5 Å². The molecule has 2 aromatic rings. The summed E-state index contributed by atoms with van der Waals surface area (Å²) in [5.41, 5.74) is 0.747. The van der Waals surface area contributed by atoms with Crippen molar-refractivity contribution in [2.24, 2.45) is 0 Å². The molecule has 0 heterocycles. The third-order valence-corrected chi connectivity index (χ3v) is 4.81. The van der Waals surface area contributed by atoms with Gasteiger partial charge in [0.15, 0.2) is 0 Å². The lowest BCUT2D eigenvalue weighted by Crippen LogP contribution is -2.18. The molecule has 39 heavy (non-hydrogen) atoms. The molecule has 0 aromatic heterocycles. The highest BCUT2D eigenvalue weighted by Gasteiger charge is 2.22. The highest BCUT2D eigenvalue weighted by Crippen LogP contribution is 2.19. The zero-order valence-electron chi connectivity index (χ0n) is 22.4. The van der Waals surface area contributed by atoms with Crippen LogP contribution in [0.2, 0.25) is 0 Å². The summed E-state index contributed by atoms with van der Waals surface area (Å²) in [5.74, 6) is -2.05. The molecule has 0 fully saturated rings. The second-order valence-corrected chi connectivity index (χ2v) is 7.54. The molecule has 0 radical (unpaired) electrons. The lowest BCUT2D eigenvalue weighted by Gasteiger charge is -2.10. The van der Waals surface area contributed by atoms with Gasteiger partial charge in [0.2, 0.25) is 6.79 Å². The van der Waals surface area contributed by atoms with Crippen molar-refractivity contribution in [1.29, 1.82) is 0 Å². The van der Waals surface area contributed by atoms with E-state index in [9.17, 15) is 19.2 Å². The van der Waals surface area contributed by atoms with Gasteiger partial charge in [-0.05, 0) is 75.2 Å². The Kier molecular flexibility index (Phi) is 12.8. The summed E-state index contributed by atoms with van der Waals surface area (Å²) >= 11 is 0. The Bertz CT molecular complexity index is 1040. The predicted molar refractivity (Wildman–Crippen MR) is 141 cm³/mol. The molecule has 0 spiro atoms. The second kappa shape index (κ2) is 16.3. The molecule has 0 saturated heterocycles.